The average Bonchev–Trinajstić information content (AvgIpc) is 2.16. The van der Waals surface area contributed by atoms with Crippen LogP contribution in [-0.2, 0) is 4.79 Å². The van der Waals surface area contributed by atoms with E-state index in [4.69, 9.17) is 10.4 Å². The Bertz CT molecular complexity index is 516. The van der Waals surface area contributed by atoms with E-state index < -0.39 is 11.2 Å². The maximum Gasteiger partial charge on any atom is 0.316 e. The number of H-pyrrole nitrogens is 1. The Hall–Kier alpha value is -1.74. The number of nitrogens with one attached hydrogen (secondary N) is 1. The number of carboxylic acids is 1. The van der Waals surface area contributed by atoms with E-state index >= 15 is 0 Å². The molecule has 2 N–H and O–H groups in total. The van der Waals surface area contributed by atoms with Gasteiger partial charge in [0.25, 0.3) is 0 Å². The van der Waals surface area contributed by atoms with E-state index in [9.17, 15) is 9.59 Å². The summed E-state index contributed by atoms with van der Waals surface area (Å²) in [6.45, 7) is 3.14. The molecule has 5 nitrogen and oxygen atoms in total. The lowest BCUT2D eigenvalue weighted by molar-refractivity contribution is -0.136. The van der Waals surface area contributed by atoms with Crippen molar-refractivity contribution in [1.82, 2.24) is 4.98 Å². The van der Waals surface area contributed by atoms with Crippen LogP contribution in [0.1, 0.15) is 18.1 Å². The van der Waals surface area contributed by atoms with Gasteiger partial charge in [0.15, 0.2) is 0 Å². The topological polar surface area (TPSA) is 93.9 Å². The normalized spacial score (nSPS) is 11.8. The Morgan fingerprint density at radius 2 is 2.31 bits per heavy atom. The van der Waals surface area contributed by atoms with Crippen LogP contribution in [0.15, 0.2) is 15.9 Å². The van der Waals surface area contributed by atoms with Crippen LogP contribution < -0.4 is 5.56 Å². The number of rotatable bonds is 3. The first-order chi connectivity index (χ1) is 7.45. The molecule has 16 heavy (non-hydrogen) atoms. The van der Waals surface area contributed by atoms with Gasteiger partial charge in [0.2, 0.25) is 5.56 Å². The average molecular weight is 238 g/mol. The molecule has 0 aromatic carbocycles. The molecule has 0 fully saturated rings. The standard InChI is InChI=1S/C10H10N2O3S/c1-5-3-8(13)12-9(7(5)4-11)16-6(2)10(14)15/h3,6H,1-2H3,(H,12,13)(H,14,15). The fraction of sp³-hybridized carbons (Fsp3) is 0.300. The highest BCUT2D eigenvalue weighted by atomic mass is 32.2. The zero-order chi connectivity index (χ0) is 12.3. The number of carbonyl (C=O) groups is 1. The van der Waals surface area contributed by atoms with Gasteiger partial charge in [-0.2, -0.15) is 5.26 Å². The van der Waals surface area contributed by atoms with Crippen molar-refractivity contribution in [2.45, 2.75) is 24.1 Å². The van der Waals surface area contributed by atoms with Gasteiger partial charge in [0.1, 0.15) is 11.3 Å². The quantitative estimate of drug-likeness (QED) is 0.769. The lowest BCUT2D eigenvalue weighted by Gasteiger charge is -2.08. The first-order valence-corrected chi connectivity index (χ1v) is 5.37. The number of thioether (sulfide) groups is 1. The third kappa shape index (κ3) is 2.64. The van der Waals surface area contributed by atoms with Crippen LogP contribution >= 0.6 is 11.8 Å². The molecule has 1 heterocycles. The van der Waals surface area contributed by atoms with Crippen molar-refractivity contribution < 1.29 is 9.90 Å². The number of aryl methyl sites for hydroxylation is 1. The molecular weight excluding hydrogens is 228 g/mol. The third-order valence-electron chi connectivity index (χ3n) is 1.96. The minimum absolute atomic E-state index is 0.308. The molecule has 0 saturated heterocycles. The summed E-state index contributed by atoms with van der Waals surface area (Å²) in [5.74, 6) is -0.990. The predicted octanol–water partition coefficient (Wildman–Crippen LogP) is 1.12. The maximum atomic E-state index is 11.2. The van der Waals surface area contributed by atoms with Gasteiger partial charge in [-0.05, 0) is 19.4 Å². The van der Waals surface area contributed by atoms with Crippen molar-refractivity contribution in [1.29, 1.82) is 5.26 Å². The highest BCUT2D eigenvalue weighted by molar-refractivity contribution is 8.00. The van der Waals surface area contributed by atoms with Crippen LogP contribution in [0.25, 0.3) is 0 Å². The summed E-state index contributed by atoms with van der Waals surface area (Å²) < 4.78 is 0. The molecule has 1 atom stereocenters. The van der Waals surface area contributed by atoms with E-state index in [1.54, 1.807) is 6.92 Å². The summed E-state index contributed by atoms with van der Waals surface area (Å²) in [5, 5.41) is 17.2. The molecule has 0 saturated carbocycles. The summed E-state index contributed by atoms with van der Waals surface area (Å²) >= 11 is 0.954. The van der Waals surface area contributed by atoms with Gasteiger partial charge >= 0.3 is 5.97 Å². The second-order valence-electron chi connectivity index (χ2n) is 3.23. The number of carboxylic acid groups (broad SMARTS) is 1. The molecule has 0 radical (unpaired) electrons. The van der Waals surface area contributed by atoms with E-state index in [-0.39, 0.29) is 5.56 Å². The van der Waals surface area contributed by atoms with E-state index in [1.807, 2.05) is 6.07 Å². The van der Waals surface area contributed by atoms with Crippen molar-refractivity contribution in [3.05, 3.63) is 27.5 Å². The van der Waals surface area contributed by atoms with Gasteiger partial charge in [-0.3, -0.25) is 9.59 Å². The number of hydrogen-bond donors (Lipinski definition) is 2. The minimum atomic E-state index is -0.990. The number of aliphatic carboxylic acids is 1. The van der Waals surface area contributed by atoms with E-state index in [0.717, 1.165) is 11.8 Å². The van der Waals surface area contributed by atoms with Crippen molar-refractivity contribution in [2.75, 3.05) is 0 Å². The Labute approximate surface area is 96.1 Å². The van der Waals surface area contributed by atoms with Gasteiger partial charge in [-0.15, -0.1) is 0 Å². The molecule has 0 aliphatic heterocycles. The number of aromatic amines is 1. The highest BCUT2D eigenvalue weighted by Gasteiger charge is 2.16. The van der Waals surface area contributed by atoms with Crippen molar-refractivity contribution in [3.8, 4) is 6.07 Å². The fourth-order valence-corrected chi connectivity index (χ4v) is 2.05. The van der Waals surface area contributed by atoms with E-state index in [0.29, 0.717) is 16.2 Å². The molecule has 0 aliphatic carbocycles. The number of hydrogen-bond acceptors (Lipinski definition) is 4. The number of nitrogens with zero attached hydrogens (tertiary/aromatic N) is 1. The summed E-state index contributed by atoms with van der Waals surface area (Å²) in [6, 6.07) is 3.26. The largest absolute Gasteiger partial charge is 0.480 e. The van der Waals surface area contributed by atoms with E-state index in [1.165, 1.54) is 13.0 Å². The molecule has 1 rings (SSSR count). The molecule has 84 valence electrons. The first kappa shape index (κ1) is 12.3. The van der Waals surface area contributed by atoms with Crippen LogP contribution in [0.3, 0.4) is 0 Å². The molecule has 1 unspecified atom stereocenters. The summed E-state index contributed by atoms with van der Waals surface area (Å²) in [4.78, 5) is 24.4. The Morgan fingerprint density at radius 3 is 2.81 bits per heavy atom. The van der Waals surface area contributed by atoms with Crippen molar-refractivity contribution in [2.24, 2.45) is 0 Å². The van der Waals surface area contributed by atoms with Gasteiger partial charge in [0, 0.05) is 6.07 Å². The van der Waals surface area contributed by atoms with Gasteiger partial charge < -0.3 is 10.1 Å². The number of pyridine rings is 1. The molecule has 1 aromatic heterocycles. The predicted molar refractivity (Wildman–Crippen MR) is 59.5 cm³/mol. The van der Waals surface area contributed by atoms with Crippen LogP contribution in [0.2, 0.25) is 0 Å². The summed E-state index contributed by atoms with van der Waals surface area (Å²) in [6.07, 6.45) is 0. The van der Waals surface area contributed by atoms with Gasteiger partial charge in [-0.25, -0.2) is 0 Å². The smallest absolute Gasteiger partial charge is 0.316 e. The van der Waals surface area contributed by atoms with Crippen molar-refractivity contribution >= 4 is 17.7 Å². The van der Waals surface area contributed by atoms with Crippen LogP contribution in [-0.4, -0.2) is 21.3 Å². The monoisotopic (exact) mass is 238 g/mol. The molecule has 0 amide bonds. The minimum Gasteiger partial charge on any atom is -0.480 e. The molecule has 0 aliphatic rings. The molecule has 0 bridgehead atoms. The van der Waals surface area contributed by atoms with Gasteiger partial charge in [0.05, 0.1) is 10.6 Å². The van der Waals surface area contributed by atoms with Crippen LogP contribution in [0.4, 0.5) is 0 Å². The second kappa shape index (κ2) is 4.86. The number of nitriles is 1. The zero-order valence-electron chi connectivity index (χ0n) is 8.77. The summed E-state index contributed by atoms with van der Waals surface area (Å²) in [5.41, 5.74) is 0.528. The zero-order valence-corrected chi connectivity index (χ0v) is 9.59. The second-order valence-corrected chi connectivity index (χ2v) is 4.58. The number of aromatic nitrogens is 1. The molecule has 6 heteroatoms. The Morgan fingerprint density at radius 1 is 1.69 bits per heavy atom. The van der Waals surface area contributed by atoms with Crippen LogP contribution in [0, 0.1) is 18.3 Å². The van der Waals surface area contributed by atoms with E-state index in [2.05, 4.69) is 4.98 Å². The maximum absolute atomic E-state index is 11.2. The lowest BCUT2D eigenvalue weighted by Crippen LogP contribution is -2.15. The SMILES string of the molecule is Cc1cc(=O)[nH]c(SC(C)C(=O)O)c1C#N. The molecular formula is C10H10N2O3S. The van der Waals surface area contributed by atoms with Crippen molar-refractivity contribution in [3.63, 3.8) is 0 Å². The molecule has 0 spiro atoms. The third-order valence-corrected chi connectivity index (χ3v) is 3.06. The Balaban J connectivity index is 3.18. The molecule has 1 aromatic rings. The fourth-order valence-electron chi connectivity index (χ4n) is 1.11. The highest BCUT2D eigenvalue weighted by Crippen LogP contribution is 2.25. The van der Waals surface area contributed by atoms with Crippen LogP contribution in [0.5, 0.6) is 0 Å². The summed E-state index contributed by atoms with van der Waals surface area (Å²) in [7, 11) is 0. The Kier molecular flexibility index (Phi) is 3.74. The lowest BCUT2D eigenvalue weighted by atomic mass is 10.2. The first-order valence-electron chi connectivity index (χ1n) is 4.49. The van der Waals surface area contributed by atoms with Gasteiger partial charge in [-0.1, -0.05) is 11.8 Å².